The summed E-state index contributed by atoms with van der Waals surface area (Å²) in [6.07, 6.45) is 5.46. The Balaban J connectivity index is 1.67. The van der Waals surface area contributed by atoms with Gasteiger partial charge in [0.25, 0.3) is 0 Å². The second-order valence-corrected chi connectivity index (χ2v) is 5.70. The summed E-state index contributed by atoms with van der Waals surface area (Å²) in [6.45, 7) is 6.08. The second-order valence-electron chi connectivity index (χ2n) is 5.70. The van der Waals surface area contributed by atoms with E-state index in [9.17, 15) is 0 Å². The molecular weight excluding hydrogens is 292 g/mol. The summed E-state index contributed by atoms with van der Waals surface area (Å²) in [7, 11) is 1.61. The van der Waals surface area contributed by atoms with Crippen LogP contribution in [0.25, 0.3) is 0 Å². The fourth-order valence-corrected chi connectivity index (χ4v) is 2.05. The number of aliphatic imine (C=N–C) groups is 1. The van der Waals surface area contributed by atoms with E-state index >= 15 is 0 Å². The lowest BCUT2D eigenvalue weighted by Gasteiger charge is -2.11. The third kappa shape index (κ3) is 7.32. The minimum absolute atomic E-state index is 0.588. The standard InChI is InChI=1S/C17H28N4O2/c1-3-18-17(19-9-4-10-23-13-14-5-6-14)21-12-15-7-8-16(22-2)20-11-15/h7-8,11,14H,3-6,9-10,12-13H2,1-2H3,(H2,18,19,21). The summed E-state index contributed by atoms with van der Waals surface area (Å²) < 4.78 is 10.7. The molecule has 128 valence electrons. The third-order valence-electron chi connectivity index (χ3n) is 3.58. The summed E-state index contributed by atoms with van der Waals surface area (Å²) in [4.78, 5) is 8.76. The first kappa shape index (κ1) is 17.5. The van der Waals surface area contributed by atoms with Gasteiger partial charge in [-0.25, -0.2) is 9.98 Å². The molecule has 1 aliphatic carbocycles. The fraction of sp³-hybridized carbons (Fsp3) is 0.647. The average Bonchev–Trinajstić information content (AvgIpc) is 3.40. The van der Waals surface area contributed by atoms with Crippen molar-refractivity contribution in [3.63, 3.8) is 0 Å². The van der Waals surface area contributed by atoms with Gasteiger partial charge in [0.2, 0.25) is 5.88 Å². The fourth-order valence-electron chi connectivity index (χ4n) is 2.05. The highest BCUT2D eigenvalue weighted by Gasteiger charge is 2.20. The predicted molar refractivity (Wildman–Crippen MR) is 91.8 cm³/mol. The smallest absolute Gasteiger partial charge is 0.212 e. The molecule has 0 unspecified atom stereocenters. The number of rotatable bonds is 10. The van der Waals surface area contributed by atoms with Gasteiger partial charge in [-0.15, -0.1) is 0 Å². The van der Waals surface area contributed by atoms with Gasteiger partial charge in [0.1, 0.15) is 0 Å². The van der Waals surface area contributed by atoms with Crippen molar-refractivity contribution in [1.29, 1.82) is 0 Å². The first-order valence-corrected chi connectivity index (χ1v) is 8.40. The number of nitrogens with one attached hydrogen (secondary N) is 2. The zero-order valence-electron chi connectivity index (χ0n) is 14.2. The minimum Gasteiger partial charge on any atom is -0.481 e. The zero-order valence-corrected chi connectivity index (χ0v) is 14.2. The Kier molecular flexibility index (Phi) is 7.66. The second kappa shape index (κ2) is 10.0. The number of nitrogens with zero attached hydrogens (tertiary/aromatic N) is 2. The molecule has 0 saturated heterocycles. The molecule has 1 aromatic rings. The van der Waals surface area contributed by atoms with E-state index in [0.717, 1.165) is 50.2 Å². The van der Waals surface area contributed by atoms with Crippen LogP contribution in [0.3, 0.4) is 0 Å². The van der Waals surface area contributed by atoms with Crippen LogP contribution in [0.1, 0.15) is 31.7 Å². The Hall–Kier alpha value is -1.82. The molecule has 1 saturated carbocycles. The summed E-state index contributed by atoms with van der Waals surface area (Å²) in [6, 6.07) is 3.83. The minimum atomic E-state index is 0.588. The normalized spacial score (nSPS) is 14.6. The summed E-state index contributed by atoms with van der Waals surface area (Å²) in [5.41, 5.74) is 1.05. The Morgan fingerprint density at radius 2 is 2.22 bits per heavy atom. The largest absolute Gasteiger partial charge is 0.481 e. The van der Waals surface area contributed by atoms with Crippen molar-refractivity contribution in [1.82, 2.24) is 15.6 Å². The molecule has 2 N–H and O–H groups in total. The molecule has 0 amide bonds. The molecule has 6 heteroatoms. The topological polar surface area (TPSA) is 67.8 Å². The molecule has 0 aliphatic heterocycles. The number of aromatic nitrogens is 1. The molecule has 1 aliphatic rings. The molecule has 1 aromatic heterocycles. The monoisotopic (exact) mass is 320 g/mol. The number of methoxy groups -OCH3 is 1. The highest BCUT2D eigenvalue weighted by atomic mass is 16.5. The molecular formula is C17H28N4O2. The van der Waals surface area contributed by atoms with Crippen LogP contribution in [0.15, 0.2) is 23.3 Å². The van der Waals surface area contributed by atoms with E-state index in [1.165, 1.54) is 12.8 Å². The summed E-state index contributed by atoms with van der Waals surface area (Å²) >= 11 is 0. The van der Waals surface area contributed by atoms with Crippen molar-refractivity contribution in [2.75, 3.05) is 33.4 Å². The molecule has 0 aromatic carbocycles. The summed E-state index contributed by atoms with van der Waals surface area (Å²) in [5.74, 6) is 2.28. The van der Waals surface area contributed by atoms with Crippen LogP contribution < -0.4 is 15.4 Å². The SMILES string of the molecule is CCNC(=NCc1ccc(OC)nc1)NCCCOCC1CC1. The van der Waals surface area contributed by atoms with Crippen molar-refractivity contribution in [3.05, 3.63) is 23.9 Å². The Morgan fingerprint density at radius 3 is 2.87 bits per heavy atom. The Labute approximate surface area is 138 Å². The lowest BCUT2D eigenvalue weighted by molar-refractivity contribution is 0.123. The Morgan fingerprint density at radius 1 is 1.35 bits per heavy atom. The van der Waals surface area contributed by atoms with Gasteiger partial charge in [0.05, 0.1) is 13.7 Å². The van der Waals surface area contributed by atoms with E-state index in [-0.39, 0.29) is 0 Å². The molecule has 2 rings (SSSR count). The maximum Gasteiger partial charge on any atom is 0.212 e. The molecule has 0 bridgehead atoms. The van der Waals surface area contributed by atoms with Gasteiger partial charge < -0.3 is 20.1 Å². The van der Waals surface area contributed by atoms with Gasteiger partial charge in [-0.2, -0.15) is 0 Å². The number of guanidine groups is 1. The highest BCUT2D eigenvalue weighted by molar-refractivity contribution is 5.79. The van der Waals surface area contributed by atoms with E-state index < -0.39 is 0 Å². The third-order valence-corrected chi connectivity index (χ3v) is 3.58. The maximum absolute atomic E-state index is 5.63. The summed E-state index contributed by atoms with van der Waals surface area (Å²) in [5, 5.41) is 6.58. The van der Waals surface area contributed by atoms with Gasteiger partial charge in [0.15, 0.2) is 5.96 Å². The Bertz CT molecular complexity index is 472. The van der Waals surface area contributed by atoms with Crippen molar-refractivity contribution in [2.45, 2.75) is 32.7 Å². The van der Waals surface area contributed by atoms with Gasteiger partial charge in [-0.3, -0.25) is 0 Å². The average molecular weight is 320 g/mol. The van der Waals surface area contributed by atoms with Gasteiger partial charge >= 0.3 is 0 Å². The highest BCUT2D eigenvalue weighted by Crippen LogP contribution is 2.28. The maximum atomic E-state index is 5.63. The van der Waals surface area contributed by atoms with Crippen LogP contribution in [0.2, 0.25) is 0 Å². The van der Waals surface area contributed by atoms with E-state index in [4.69, 9.17) is 9.47 Å². The van der Waals surface area contributed by atoms with Crippen LogP contribution in [0.5, 0.6) is 5.88 Å². The quantitative estimate of drug-likeness (QED) is 0.392. The van der Waals surface area contributed by atoms with Crippen LogP contribution in [0, 0.1) is 5.92 Å². The van der Waals surface area contributed by atoms with Crippen LogP contribution in [-0.2, 0) is 11.3 Å². The van der Waals surface area contributed by atoms with E-state index in [1.807, 2.05) is 12.1 Å². The molecule has 0 radical (unpaired) electrons. The van der Waals surface area contributed by atoms with E-state index in [2.05, 4.69) is 27.5 Å². The lowest BCUT2D eigenvalue weighted by atomic mass is 10.3. The molecule has 1 fully saturated rings. The van der Waals surface area contributed by atoms with Crippen molar-refractivity contribution in [3.8, 4) is 5.88 Å². The number of pyridine rings is 1. The van der Waals surface area contributed by atoms with Gasteiger partial charge in [-0.1, -0.05) is 6.07 Å². The van der Waals surface area contributed by atoms with Crippen LogP contribution >= 0.6 is 0 Å². The molecule has 23 heavy (non-hydrogen) atoms. The zero-order chi connectivity index (χ0) is 16.3. The van der Waals surface area contributed by atoms with Crippen LogP contribution in [0.4, 0.5) is 0 Å². The molecule has 1 heterocycles. The molecule has 0 spiro atoms. The molecule has 6 nitrogen and oxygen atoms in total. The van der Waals surface area contributed by atoms with Crippen LogP contribution in [-0.4, -0.2) is 44.4 Å². The molecule has 0 atom stereocenters. The van der Waals surface area contributed by atoms with E-state index in [1.54, 1.807) is 13.3 Å². The van der Waals surface area contributed by atoms with Gasteiger partial charge in [-0.05, 0) is 37.7 Å². The number of ether oxygens (including phenoxy) is 2. The van der Waals surface area contributed by atoms with Crippen molar-refractivity contribution < 1.29 is 9.47 Å². The lowest BCUT2D eigenvalue weighted by Crippen LogP contribution is -2.38. The first-order chi connectivity index (χ1) is 11.3. The first-order valence-electron chi connectivity index (χ1n) is 8.40. The number of hydrogen-bond donors (Lipinski definition) is 2. The predicted octanol–water partition coefficient (Wildman–Crippen LogP) is 1.96. The van der Waals surface area contributed by atoms with Gasteiger partial charge in [0, 0.05) is 38.6 Å². The van der Waals surface area contributed by atoms with E-state index in [0.29, 0.717) is 12.4 Å². The van der Waals surface area contributed by atoms with Crippen molar-refractivity contribution >= 4 is 5.96 Å². The van der Waals surface area contributed by atoms with Crippen molar-refractivity contribution in [2.24, 2.45) is 10.9 Å². The number of hydrogen-bond acceptors (Lipinski definition) is 4.